The summed E-state index contributed by atoms with van der Waals surface area (Å²) in [6.07, 6.45) is 4.81. The molecule has 1 amide bonds. The fourth-order valence-corrected chi connectivity index (χ4v) is 5.43. The molecule has 106 valence electrons. The lowest BCUT2D eigenvalue weighted by atomic mass is 10.1. The lowest BCUT2D eigenvalue weighted by Crippen LogP contribution is -2.41. The Morgan fingerprint density at radius 2 is 2.05 bits per heavy atom. The lowest BCUT2D eigenvalue weighted by molar-refractivity contribution is 0.0655. The number of nitrogens with zero attached hydrogens (tertiary/aromatic N) is 1. The maximum atomic E-state index is 12.8. The fraction of sp³-hybridized carbons (Fsp3) is 0.643. The summed E-state index contributed by atoms with van der Waals surface area (Å²) in [5.41, 5.74) is 0.796. The second-order valence-electron chi connectivity index (χ2n) is 5.53. The number of hydrogen-bond donors (Lipinski definition) is 0. The van der Waals surface area contributed by atoms with Gasteiger partial charge in [0.15, 0.2) is 0 Å². The zero-order chi connectivity index (χ0) is 14.0. The molecule has 0 spiro atoms. The Kier molecular flexibility index (Phi) is 5.49. The summed E-state index contributed by atoms with van der Waals surface area (Å²) in [6.45, 7) is 5.20. The zero-order valence-electron chi connectivity index (χ0n) is 11.3. The normalized spacial score (nSPS) is 16.3. The molecule has 0 atom stereocenters. The molecule has 1 aromatic heterocycles. The highest BCUT2D eigenvalue weighted by molar-refractivity contribution is 9.12. The summed E-state index contributed by atoms with van der Waals surface area (Å²) < 4.78 is 1.93. The van der Waals surface area contributed by atoms with E-state index in [0.29, 0.717) is 12.0 Å². The van der Waals surface area contributed by atoms with Crippen LogP contribution in [-0.4, -0.2) is 23.4 Å². The average Bonchev–Trinajstić information content (AvgIpc) is 2.94. The van der Waals surface area contributed by atoms with Gasteiger partial charge in [0.25, 0.3) is 5.91 Å². The van der Waals surface area contributed by atoms with E-state index in [2.05, 4.69) is 50.6 Å². The van der Waals surface area contributed by atoms with E-state index in [-0.39, 0.29) is 5.91 Å². The number of rotatable bonds is 4. The van der Waals surface area contributed by atoms with E-state index in [1.54, 1.807) is 11.3 Å². The second kappa shape index (κ2) is 6.72. The quantitative estimate of drug-likeness (QED) is 0.660. The lowest BCUT2D eigenvalue weighted by Gasteiger charge is -2.30. The van der Waals surface area contributed by atoms with Crippen LogP contribution in [0.1, 0.15) is 49.9 Å². The molecular weight excluding hydrogens is 390 g/mol. The highest BCUT2D eigenvalue weighted by atomic mass is 79.9. The molecule has 19 heavy (non-hydrogen) atoms. The topological polar surface area (TPSA) is 20.3 Å². The minimum atomic E-state index is 0.175. The Labute approximate surface area is 135 Å². The molecule has 0 aliphatic heterocycles. The molecular formula is C14H19Br2NOS. The van der Waals surface area contributed by atoms with Crippen molar-refractivity contribution in [3.8, 4) is 0 Å². The maximum absolute atomic E-state index is 12.8. The molecule has 0 saturated heterocycles. The smallest absolute Gasteiger partial charge is 0.256 e. The molecule has 0 radical (unpaired) electrons. The van der Waals surface area contributed by atoms with Crippen molar-refractivity contribution in [3.63, 3.8) is 0 Å². The van der Waals surface area contributed by atoms with E-state index in [4.69, 9.17) is 0 Å². The zero-order valence-corrected chi connectivity index (χ0v) is 15.3. The van der Waals surface area contributed by atoms with Gasteiger partial charge < -0.3 is 4.90 Å². The number of amides is 1. The molecule has 1 aliphatic rings. The van der Waals surface area contributed by atoms with Crippen molar-refractivity contribution in [3.05, 3.63) is 19.2 Å². The number of hydrogen-bond acceptors (Lipinski definition) is 2. The van der Waals surface area contributed by atoms with E-state index in [9.17, 15) is 4.79 Å². The van der Waals surface area contributed by atoms with Gasteiger partial charge >= 0.3 is 0 Å². The molecule has 0 bridgehead atoms. The Morgan fingerprint density at radius 1 is 1.42 bits per heavy atom. The Morgan fingerprint density at radius 3 is 2.53 bits per heavy atom. The van der Waals surface area contributed by atoms with Crippen LogP contribution in [0.2, 0.25) is 0 Å². The largest absolute Gasteiger partial charge is 0.335 e. The summed E-state index contributed by atoms with van der Waals surface area (Å²) >= 11 is 8.52. The van der Waals surface area contributed by atoms with Gasteiger partial charge in [-0.05, 0) is 56.7 Å². The van der Waals surface area contributed by atoms with E-state index < -0.39 is 0 Å². The molecule has 2 nitrogen and oxygen atoms in total. The third-order valence-electron chi connectivity index (χ3n) is 3.48. The van der Waals surface area contributed by atoms with Crippen LogP contribution >= 0.6 is 43.2 Å². The molecule has 1 aromatic rings. The summed E-state index contributed by atoms with van der Waals surface area (Å²) in [7, 11) is 0. The van der Waals surface area contributed by atoms with Gasteiger partial charge in [-0.2, -0.15) is 0 Å². The van der Waals surface area contributed by atoms with Crippen molar-refractivity contribution in [2.45, 2.75) is 45.6 Å². The van der Waals surface area contributed by atoms with Crippen LogP contribution in [0.15, 0.2) is 13.6 Å². The second-order valence-corrected chi connectivity index (χ2v) is 9.28. The minimum absolute atomic E-state index is 0.175. The van der Waals surface area contributed by atoms with Crippen molar-refractivity contribution in [2.24, 2.45) is 5.92 Å². The van der Waals surface area contributed by atoms with Gasteiger partial charge in [-0.15, -0.1) is 11.3 Å². The van der Waals surface area contributed by atoms with Crippen LogP contribution in [0.4, 0.5) is 0 Å². The van der Waals surface area contributed by atoms with E-state index in [1.807, 2.05) is 6.07 Å². The van der Waals surface area contributed by atoms with Crippen molar-refractivity contribution in [1.82, 2.24) is 4.90 Å². The van der Waals surface area contributed by atoms with Crippen LogP contribution in [0.25, 0.3) is 0 Å². The molecule has 0 unspecified atom stereocenters. The Hall–Kier alpha value is 0.130. The first-order valence-electron chi connectivity index (χ1n) is 6.75. The number of thiophene rings is 1. The number of carbonyl (C=O) groups excluding carboxylic acids is 1. The molecule has 0 N–H and O–H groups in total. The van der Waals surface area contributed by atoms with Crippen molar-refractivity contribution in [1.29, 1.82) is 0 Å². The predicted octanol–water partition coefficient (Wildman–Crippen LogP) is 5.31. The summed E-state index contributed by atoms with van der Waals surface area (Å²) in [6, 6.07) is 2.36. The predicted molar refractivity (Wildman–Crippen MR) is 87.8 cm³/mol. The molecule has 1 heterocycles. The van der Waals surface area contributed by atoms with Crippen LogP contribution < -0.4 is 0 Å². The SMILES string of the molecule is CC(C)CN(C(=O)c1cc(Br)sc1Br)C1CCCC1. The highest BCUT2D eigenvalue weighted by Gasteiger charge is 2.29. The molecule has 1 fully saturated rings. The molecule has 2 rings (SSSR count). The van der Waals surface area contributed by atoms with Gasteiger partial charge in [0, 0.05) is 12.6 Å². The van der Waals surface area contributed by atoms with Gasteiger partial charge in [0.1, 0.15) is 0 Å². The maximum Gasteiger partial charge on any atom is 0.256 e. The first-order chi connectivity index (χ1) is 8.99. The third kappa shape index (κ3) is 3.82. The van der Waals surface area contributed by atoms with Crippen molar-refractivity contribution < 1.29 is 4.79 Å². The van der Waals surface area contributed by atoms with Gasteiger partial charge in [-0.25, -0.2) is 0 Å². The molecule has 0 aromatic carbocycles. The summed E-state index contributed by atoms with van der Waals surface area (Å²) in [5.74, 6) is 0.680. The van der Waals surface area contributed by atoms with Crippen molar-refractivity contribution >= 4 is 49.1 Å². The van der Waals surface area contributed by atoms with Gasteiger partial charge in [-0.3, -0.25) is 4.79 Å². The highest BCUT2D eigenvalue weighted by Crippen LogP contribution is 2.34. The molecule has 5 heteroatoms. The first kappa shape index (κ1) is 15.5. The fourth-order valence-electron chi connectivity index (χ4n) is 2.65. The van der Waals surface area contributed by atoms with Crippen molar-refractivity contribution in [2.75, 3.05) is 6.54 Å². The van der Waals surface area contributed by atoms with Gasteiger partial charge in [0.05, 0.1) is 13.1 Å². The standard InChI is InChI=1S/C14H19Br2NOS/c1-9(2)8-17(10-5-3-4-6-10)14(18)11-7-12(15)19-13(11)16/h7,9-10H,3-6,8H2,1-2H3. The summed E-state index contributed by atoms with van der Waals surface area (Å²) in [4.78, 5) is 14.9. The van der Waals surface area contributed by atoms with E-state index >= 15 is 0 Å². The molecule has 1 aliphatic carbocycles. The average molecular weight is 409 g/mol. The monoisotopic (exact) mass is 407 g/mol. The Balaban J connectivity index is 2.21. The Bertz CT molecular complexity index is 452. The van der Waals surface area contributed by atoms with Crippen LogP contribution in [0.5, 0.6) is 0 Å². The third-order valence-corrected chi connectivity index (χ3v) is 5.81. The minimum Gasteiger partial charge on any atom is -0.335 e. The summed E-state index contributed by atoms with van der Waals surface area (Å²) in [5, 5.41) is 0. The van der Waals surface area contributed by atoms with Crippen LogP contribution in [0.3, 0.4) is 0 Å². The first-order valence-corrected chi connectivity index (χ1v) is 9.15. The van der Waals surface area contributed by atoms with Gasteiger partial charge in [0.2, 0.25) is 0 Å². The molecule has 1 saturated carbocycles. The van der Waals surface area contributed by atoms with Crippen LogP contribution in [0, 0.1) is 5.92 Å². The van der Waals surface area contributed by atoms with Crippen LogP contribution in [-0.2, 0) is 0 Å². The van der Waals surface area contributed by atoms with E-state index in [1.165, 1.54) is 12.8 Å². The van der Waals surface area contributed by atoms with Gasteiger partial charge in [-0.1, -0.05) is 26.7 Å². The number of carbonyl (C=O) groups is 1. The van der Waals surface area contributed by atoms with E-state index in [0.717, 1.165) is 32.5 Å². The number of halogens is 2.